The van der Waals surface area contributed by atoms with Gasteiger partial charge >= 0.3 is 0 Å². The van der Waals surface area contributed by atoms with Gasteiger partial charge in [-0.3, -0.25) is 9.59 Å². The first kappa shape index (κ1) is 12.3. The largest absolute Gasteiger partial charge is 0.393 e. The van der Waals surface area contributed by atoms with Gasteiger partial charge in [0.05, 0.1) is 10.9 Å². The lowest BCUT2D eigenvalue weighted by Crippen LogP contribution is -2.33. The van der Waals surface area contributed by atoms with Crippen LogP contribution >= 0.6 is 12.2 Å². The Kier molecular flexibility index (Phi) is 4.12. The number of thiocarbonyl (C=S) groups is 1. The van der Waals surface area contributed by atoms with Gasteiger partial charge < -0.3 is 11.1 Å². The van der Waals surface area contributed by atoms with Gasteiger partial charge in [0.1, 0.15) is 0 Å². The summed E-state index contributed by atoms with van der Waals surface area (Å²) >= 11 is 4.77. The maximum Gasteiger partial charge on any atom is 0.264 e. The molecule has 4 N–H and O–H groups in total. The lowest BCUT2D eigenvalue weighted by molar-refractivity contribution is -0.118. The molecule has 0 saturated heterocycles. The fourth-order valence-corrected chi connectivity index (χ4v) is 1.42. The fourth-order valence-electron chi connectivity index (χ4n) is 1.14. The number of aromatic amines is 1. The molecule has 16 heavy (non-hydrogen) atoms. The van der Waals surface area contributed by atoms with Crippen LogP contribution < -0.4 is 16.6 Å². The Bertz CT molecular complexity index is 437. The summed E-state index contributed by atoms with van der Waals surface area (Å²) in [6.45, 7) is 1.81. The molecule has 1 rings (SSSR count). The summed E-state index contributed by atoms with van der Waals surface area (Å²) in [7, 11) is 0. The van der Waals surface area contributed by atoms with Crippen LogP contribution in [0.5, 0.6) is 0 Å². The fraction of sp³-hybridized carbons (Fsp3) is 0.333. The van der Waals surface area contributed by atoms with Gasteiger partial charge in [0.2, 0.25) is 5.91 Å². The van der Waals surface area contributed by atoms with Crippen LogP contribution in [0.25, 0.3) is 0 Å². The standard InChI is InChI=1S/C9H12N4O2S/c1-2-5(8(10)16)9(15)11-6-3-4-7(14)13-12-6/h3-5H,2H2,1H3,(H2,10,16)(H,13,14)(H,11,12,15). The van der Waals surface area contributed by atoms with E-state index < -0.39 is 5.92 Å². The Balaban J connectivity index is 2.74. The van der Waals surface area contributed by atoms with E-state index in [1.165, 1.54) is 12.1 Å². The molecule has 1 aromatic heterocycles. The maximum absolute atomic E-state index is 11.7. The number of nitrogens with zero attached hydrogens (tertiary/aromatic N) is 1. The average molecular weight is 240 g/mol. The minimum atomic E-state index is -0.524. The van der Waals surface area contributed by atoms with Gasteiger partial charge in [0.15, 0.2) is 5.82 Å². The van der Waals surface area contributed by atoms with Crippen LogP contribution in [0.1, 0.15) is 13.3 Å². The van der Waals surface area contributed by atoms with Crippen molar-refractivity contribution in [3.8, 4) is 0 Å². The van der Waals surface area contributed by atoms with Crippen LogP contribution in [-0.4, -0.2) is 21.1 Å². The Morgan fingerprint density at radius 1 is 1.69 bits per heavy atom. The second kappa shape index (κ2) is 5.36. The summed E-state index contributed by atoms with van der Waals surface area (Å²) in [5.41, 5.74) is 5.08. The summed E-state index contributed by atoms with van der Waals surface area (Å²) < 4.78 is 0. The highest BCUT2D eigenvalue weighted by atomic mass is 32.1. The lowest BCUT2D eigenvalue weighted by atomic mass is 10.1. The monoisotopic (exact) mass is 240 g/mol. The van der Waals surface area contributed by atoms with E-state index in [2.05, 4.69) is 15.5 Å². The van der Waals surface area contributed by atoms with Crippen molar-refractivity contribution in [3.05, 3.63) is 22.5 Å². The minimum Gasteiger partial charge on any atom is -0.393 e. The third-order valence-corrected chi connectivity index (χ3v) is 2.28. The highest BCUT2D eigenvalue weighted by Gasteiger charge is 2.19. The van der Waals surface area contributed by atoms with E-state index in [-0.39, 0.29) is 22.3 Å². The number of nitrogens with two attached hydrogens (primary N) is 1. The van der Waals surface area contributed by atoms with Gasteiger partial charge in [-0.2, -0.15) is 5.10 Å². The molecule has 0 spiro atoms. The number of hydrogen-bond acceptors (Lipinski definition) is 4. The molecule has 7 heteroatoms. The molecule has 6 nitrogen and oxygen atoms in total. The summed E-state index contributed by atoms with van der Waals surface area (Å²) in [6, 6.07) is 2.67. The smallest absolute Gasteiger partial charge is 0.264 e. The molecule has 0 aliphatic carbocycles. The Hall–Kier alpha value is -1.76. The third-order valence-electron chi connectivity index (χ3n) is 2.00. The van der Waals surface area contributed by atoms with E-state index in [0.29, 0.717) is 6.42 Å². The number of hydrogen-bond donors (Lipinski definition) is 3. The normalized spacial score (nSPS) is 11.8. The van der Waals surface area contributed by atoms with Crippen LogP contribution in [0.2, 0.25) is 0 Å². The second-order valence-electron chi connectivity index (χ2n) is 3.16. The van der Waals surface area contributed by atoms with E-state index >= 15 is 0 Å². The number of carbonyl (C=O) groups is 1. The topological polar surface area (TPSA) is 101 Å². The Morgan fingerprint density at radius 2 is 2.38 bits per heavy atom. The molecule has 1 atom stereocenters. The summed E-state index contributed by atoms with van der Waals surface area (Å²) in [5.74, 6) is -0.586. The Morgan fingerprint density at radius 3 is 2.81 bits per heavy atom. The van der Waals surface area contributed by atoms with Crippen LogP contribution in [0, 0.1) is 5.92 Å². The van der Waals surface area contributed by atoms with Gasteiger partial charge in [-0.25, -0.2) is 5.10 Å². The zero-order valence-corrected chi connectivity index (χ0v) is 9.50. The molecule has 1 aromatic rings. The molecule has 0 aliphatic rings. The number of carbonyl (C=O) groups excluding carboxylic acids is 1. The highest BCUT2D eigenvalue weighted by Crippen LogP contribution is 2.07. The molecule has 1 amide bonds. The van der Waals surface area contributed by atoms with Crippen molar-refractivity contribution >= 4 is 28.9 Å². The van der Waals surface area contributed by atoms with E-state index in [9.17, 15) is 9.59 Å². The predicted octanol–water partition coefficient (Wildman–Crippen LogP) is 0.0207. The zero-order chi connectivity index (χ0) is 12.1. The molecule has 86 valence electrons. The third kappa shape index (κ3) is 3.13. The molecular weight excluding hydrogens is 228 g/mol. The molecule has 0 fully saturated rings. The van der Waals surface area contributed by atoms with Crippen LogP contribution in [-0.2, 0) is 4.79 Å². The first-order chi connectivity index (χ1) is 7.54. The number of H-pyrrole nitrogens is 1. The van der Waals surface area contributed by atoms with Gasteiger partial charge in [-0.1, -0.05) is 19.1 Å². The molecule has 0 radical (unpaired) electrons. The average Bonchev–Trinajstić information content (AvgIpc) is 2.22. The molecule has 0 aliphatic heterocycles. The molecule has 0 saturated carbocycles. The maximum atomic E-state index is 11.7. The van der Waals surface area contributed by atoms with Gasteiger partial charge in [-0.05, 0) is 12.5 Å². The molecule has 0 aromatic carbocycles. The Labute approximate surface area is 97.2 Å². The van der Waals surface area contributed by atoms with Crippen molar-refractivity contribution < 1.29 is 4.79 Å². The number of anilines is 1. The van der Waals surface area contributed by atoms with E-state index in [4.69, 9.17) is 18.0 Å². The summed E-state index contributed by atoms with van der Waals surface area (Å²) in [5, 5.41) is 8.36. The van der Waals surface area contributed by atoms with Crippen LogP contribution in [0.4, 0.5) is 5.82 Å². The minimum absolute atomic E-state index is 0.143. The quantitative estimate of drug-likeness (QED) is 0.644. The summed E-state index contributed by atoms with van der Waals surface area (Å²) in [6.07, 6.45) is 0.518. The van der Waals surface area contributed by atoms with Crippen molar-refractivity contribution in [2.24, 2.45) is 11.7 Å². The van der Waals surface area contributed by atoms with Gasteiger partial charge in [0, 0.05) is 6.07 Å². The first-order valence-corrected chi connectivity index (χ1v) is 5.11. The van der Waals surface area contributed by atoms with Crippen molar-refractivity contribution in [1.82, 2.24) is 10.2 Å². The molecular formula is C9H12N4O2S. The number of aromatic nitrogens is 2. The molecule has 1 heterocycles. The number of nitrogens with one attached hydrogen (secondary N) is 2. The zero-order valence-electron chi connectivity index (χ0n) is 8.69. The first-order valence-electron chi connectivity index (χ1n) is 4.70. The highest BCUT2D eigenvalue weighted by molar-refractivity contribution is 7.80. The van der Waals surface area contributed by atoms with Crippen molar-refractivity contribution in [1.29, 1.82) is 0 Å². The SMILES string of the molecule is CCC(C(=O)Nc1ccc(=O)[nH]n1)C(N)=S. The predicted molar refractivity (Wildman–Crippen MR) is 64.1 cm³/mol. The van der Waals surface area contributed by atoms with Crippen molar-refractivity contribution in [2.75, 3.05) is 5.32 Å². The van der Waals surface area contributed by atoms with Crippen LogP contribution in [0.15, 0.2) is 16.9 Å². The number of rotatable bonds is 4. The van der Waals surface area contributed by atoms with E-state index in [0.717, 1.165) is 0 Å². The van der Waals surface area contributed by atoms with Gasteiger partial charge in [0.25, 0.3) is 5.56 Å². The van der Waals surface area contributed by atoms with Gasteiger partial charge in [-0.15, -0.1) is 0 Å². The molecule has 1 unspecified atom stereocenters. The van der Waals surface area contributed by atoms with Crippen LogP contribution in [0.3, 0.4) is 0 Å². The van der Waals surface area contributed by atoms with E-state index in [1.807, 2.05) is 6.92 Å². The summed E-state index contributed by atoms with van der Waals surface area (Å²) in [4.78, 5) is 22.5. The van der Waals surface area contributed by atoms with Crippen molar-refractivity contribution in [3.63, 3.8) is 0 Å². The number of amides is 1. The molecule has 0 bridgehead atoms. The van der Waals surface area contributed by atoms with E-state index in [1.54, 1.807) is 0 Å². The lowest BCUT2D eigenvalue weighted by Gasteiger charge is -2.12. The second-order valence-corrected chi connectivity index (χ2v) is 3.63. The van der Waals surface area contributed by atoms with Crippen molar-refractivity contribution in [2.45, 2.75) is 13.3 Å².